The fourth-order valence-electron chi connectivity index (χ4n) is 9.93. The number of carbonyl (C=O) groups excluding carboxylic acids is 3. The van der Waals surface area contributed by atoms with Crippen molar-refractivity contribution in [3.8, 4) is 0 Å². The van der Waals surface area contributed by atoms with E-state index in [9.17, 15) is 14.4 Å². The highest BCUT2D eigenvalue weighted by atomic mass is 16.7. The molecule has 232 valence electrons. The first-order chi connectivity index (χ1) is 20.0. The van der Waals surface area contributed by atoms with Gasteiger partial charge in [0.1, 0.15) is 6.04 Å². The van der Waals surface area contributed by atoms with E-state index in [2.05, 4.69) is 31.2 Å². The summed E-state index contributed by atoms with van der Waals surface area (Å²) < 4.78 is 5.38. The number of ketones is 1. The Bertz CT molecular complexity index is 1160. The van der Waals surface area contributed by atoms with E-state index in [1.165, 1.54) is 31.3 Å². The van der Waals surface area contributed by atoms with Gasteiger partial charge in [-0.2, -0.15) is 0 Å². The standard InChI is InChI=1S/C34H51N3O5/c1-20(2)41-31(39)30-13-7-23(35-30)19-37(24-8-9-24)32(40)42-36-21(3)27-11-12-28-26-10-6-22-18-25(38)14-16-33(22,4)29(26)15-17-34(27,28)5/h18,20,23-24,26-30,35H,6-17,19H2,1-5H3/b36-21+/t23?,26-,27+,28-,29-,30?,33-,34+/m0/s1. The summed E-state index contributed by atoms with van der Waals surface area (Å²) in [5, 5.41) is 7.87. The smallest absolute Gasteiger partial charge is 0.436 e. The van der Waals surface area contributed by atoms with E-state index >= 15 is 0 Å². The third kappa shape index (κ3) is 5.46. The topological polar surface area (TPSA) is 97.3 Å². The van der Waals surface area contributed by atoms with Gasteiger partial charge in [0.25, 0.3) is 0 Å². The van der Waals surface area contributed by atoms with Gasteiger partial charge in [-0.15, -0.1) is 0 Å². The van der Waals surface area contributed by atoms with Gasteiger partial charge in [0.05, 0.1) is 11.8 Å². The summed E-state index contributed by atoms with van der Waals surface area (Å²) in [5.74, 6) is 2.46. The molecule has 5 aliphatic carbocycles. The molecule has 0 aromatic carbocycles. The van der Waals surface area contributed by atoms with Gasteiger partial charge < -0.3 is 9.64 Å². The summed E-state index contributed by atoms with van der Waals surface area (Å²) in [4.78, 5) is 45.3. The zero-order valence-electron chi connectivity index (χ0n) is 26.3. The lowest BCUT2D eigenvalue weighted by Crippen LogP contribution is -2.51. The third-order valence-corrected chi connectivity index (χ3v) is 12.3. The van der Waals surface area contributed by atoms with Crippen LogP contribution < -0.4 is 5.32 Å². The number of oxime groups is 1. The summed E-state index contributed by atoms with van der Waals surface area (Å²) in [6.45, 7) is 11.2. The van der Waals surface area contributed by atoms with E-state index in [4.69, 9.17) is 9.57 Å². The predicted molar refractivity (Wildman–Crippen MR) is 161 cm³/mol. The molecule has 0 aromatic heterocycles. The number of ether oxygens (including phenoxy) is 1. The second-order valence-electron chi connectivity index (χ2n) is 15.1. The van der Waals surface area contributed by atoms with Crippen molar-refractivity contribution in [3.63, 3.8) is 0 Å². The number of hydrogen-bond acceptors (Lipinski definition) is 7. The molecule has 0 radical (unpaired) electrons. The van der Waals surface area contributed by atoms with E-state index in [0.29, 0.717) is 42.4 Å². The summed E-state index contributed by atoms with van der Waals surface area (Å²) in [6, 6.07) is -0.0645. The molecule has 42 heavy (non-hydrogen) atoms. The number of carbonyl (C=O) groups is 3. The van der Waals surface area contributed by atoms with Crippen LogP contribution in [0.3, 0.4) is 0 Å². The van der Waals surface area contributed by atoms with Crippen molar-refractivity contribution in [2.75, 3.05) is 6.54 Å². The SMILES string of the molecule is C/C(=N\OC(=O)N(CC1CCC(C(=O)OC(C)C)N1)C1CC1)[C@H]1CC[C@H]2[C@@H]3CCC4=CC(=O)CC[C@]4(C)[C@H]3CC[C@]12C. The minimum absolute atomic E-state index is 0.0487. The average molecular weight is 582 g/mol. The Morgan fingerprint density at radius 2 is 1.81 bits per heavy atom. The van der Waals surface area contributed by atoms with Crippen molar-refractivity contribution in [2.24, 2.45) is 39.7 Å². The lowest BCUT2D eigenvalue weighted by Gasteiger charge is -2.58. The minimum Gasteiger partial charge on any atom is -0.462 e. The minimum atomic E-state index is -0.373. The summed E-state index contributed by atoms with van der Waals surface area (Å²) in [6.07, 6.45) is 13.7. The molecule has 8 nitrogen and oxygen atoms in total. The number of rotatable bonds is 7. The molecule has 6 rings (SSSR count). The van der Waals surface area contributed by atoms with Crippen molar-refractivity contribution >= 4 is 23.6 Å². The summed E-state index contributed by atoms with van der Waals surface area (Å²) in [7, 11) is 0. The van der Waals surface area contributed by atoms with Crippen molar-refractivity contribution in [1.29, 1.82) is 0 Å². The van der Waals surface area contributed by atoms with Gasteiger partial charge in [0, 0.05) is 31.0 Å². The molecule has 0 spiro atoms. The normalized spacial score (nSPS) is 39.7. The largest absolute Gasteiger partial charge is 0.462 e. The number of hydrogen-bond donors (Lipinski definition) is 1. The van der Waals surface area contributed by atoms with Crippen molar-refractivity contribution in [1.82, 2.24) is 10.2 Å². The molecule has 2 unspecified atom stereocenters. The number of amides is 1. The number of esters is 1. The molecule has 4 saturated carbocycles. The lowest BCUT2D eigenvalue weighted by molar-refractivity contribution is -0.149. The van der Waals surface area contributed by atoms with Crippen LogP contribution in [0.2, 0.25) is 0 Å². The molecule has 1 N–H and O–H groups in total. The molecule has 1 heterocycles. The van der Waals surface area contributed by atoms with Crippen molar-refractivity contribution < 1.29 is 24.0 Å². The number of fused-ring (bicyclic) bond motifs is 5. The maximum atomic E-state index is 13.3. The van der Waals surface area contributed by atoms with E-state index in [-0.39, 0.29) is 47.1 Å². The molecule has 8 heteroatoms. The third-order valence-electron chi connectivity index (χ3n) is 12.3. The maximum absolute atomic E-state index is 13.3. The molecular formula is C34H51N3O5. The summed E-state index contributed by atoms with van der Waals surface area (Å²) >= 11 is 0. The first-order valence-corrected chi connectivity index (χ1v) is 16.7. The Labute approximate surface area is 251 Å². The van der Waals surface area contributed by atoms with E-state index in [1.807, 2.05) is 24.8 Å². The molecule has 6 aliphatic rings. The Balaban J connectivity index is 1.08. The molecule has 8 atom stereocenters. The number of allylic oxidation sites excluding steroid dienone is 1. The van der Waals surface area contributed by atoms with Crippen molar-refractivity contribution in [3.05, 3.63) is 11.6 Å². The number of nitrogens with zero attached hydrogens (tertiary/aromatic N) is 2. The van der Waals surface area contributed by atoms with Gasteiger partial charge in [0.15, 0.2) is 5.78 Å². The molecule has 1 amide bonds. The fraction of sp³-hybridized carbons (Fsp3) is 0.824. The zero-order chi connectivity index (χ0) is 29.8. The van der Waals surface area contributed by atoms with Gasteiger partial charge in [-0.3, -0.25) is 19.7 Å². The van der Waals surface area contributed by atoms with Gasteiger partial charge in [-0.25, -0.2) is 4.79 Å². The van der Waals surface area contributed by atoms with E-state index in [1.54, 1.807) is 0 Å². The Kier molecular flexibility index (Phi) is 8.07. The second kappa shape index (κ2) is 11.4. The van der Waals surface area contributed by atoms with Gasteiger partial charge in [-0.1, -0.05) is 24.6 Å². The van der Waals surface area contributed by atoms with Crippen LogP contribution in [0, 0.1) is 34.5 Å². The van der Waals surface area contributed by atoms with Crippen LogP contribution in [0.4, 0.5) is 4.79 Å². The van der Waals surface area contributed by atoms with Crippen LogP contribution in [0.5, 0.6) is 0 Å². The first-order valence-electron chi connectivity index (χ1n) is 16.7. The molecule has 5 fully saturated rings. The van der Waals surface area contributed by atoms with Crippen LogP contribution in [0.25, 0.3) is 0 Å². The maximum Gasteiger partial charge on any atom is 0.436 e. The predicted octanol–water partition coefficient (Wildman–Crippen LogP) is 6.18. The summed E-state index contributed by atoms with van der Waals surface area (Å²) in [5.41, 5.74) is 2.72. The molecule has 0 aromatic rings. The number of nitrogens with one attached hydrogen (secondary N) is 1. The highest BCUT2D eigenvalue weighted by Crippen LogP contribution is 2.66. The monoisotopic (exact) mass is 581 g/mol. The van der Waals surface area contributed by atoms with Gasteiger partial charge in [0.2, 0.25) is 0 Å². The first kappa shape index (κ1) is 29.8. The molecule has 0 bridgehead atoms. The van der Waals surface area contributed by atoms with Crippen LogP contribution in [-0.2, 0) is 19.2 Å². The van der Waals surface area contributed by atoms with Crippen LogP contribution in [0.15, 0.2) is 16.8 Å². The zero-order valence-corrected chi connectivity index (χ0v) is 26.3. The van der Waals surface area contributed by atoms with Crippen LogP contribution in [-0.4, -0.2) is 59.2 Å². The highest BCUT2D eigenvalue weighted by molar-refractivity contribution is 5.91. The Hall–Kier alpha value is -2.22. The molecule has 1 aliphatic heterocycles. The lowest BCUT2D eigenvalue weighted by atomic mass is 9.46. The van der Waals surface area contributed by atoms with Gasteiger partial charge in [-0.05, 0) is 126 Å². The van der Waals surface area contributed by atoms with Crippen molar-refractivity contribution in [2.45, 2.75) is 136 Å². The van der Waals surface area contributed by atoms with E-state index in [0.717, 1.165) is 50.7 Å². The average Bonchev–Trinajstić information content (AvgIpc) is 3.56. The van der Waals surface area contributed by atoms with Gasteiger partial charge >= 0.3 is 12.1 Å². The second-order valence-corrected chi connectivity index (χ2v) is 15.1. The van der Waals surface area contributed by atoms with E-state index < -0.39 is 0 Å². The van der Waals surface area contributed by atoms with Crippen LogP contribution in [0.1, 0.15) is 112 Å². The quantitative estimate of drug-likeness (QED) is 0.167. The molecule has 1 saturated heterocycles. The highest BCUT2D eigenvalue weighted by Gasteiger charge is 2.59. The molecular weight excluding hydrogens is 530 g/mol. The Morgan fingerprint density at radius 3 is 2.55 bits per heavy atom. The van der Waals surface area contributed by atoms with Crippen LogP contribution >= 0.6 is 0 Å². The Morgan fingerprint density at radius 1 is 1.02 bits per heavy atom. The fourth-order valence-corrected chi connectivity index (χ4v) is 9.93.